The molecule has 2 aromatic carbocycles. The summed E-state index contributed by atoms with van der Waals surface area (Å²) in [5.74, 6) is 0.801. The quantitative estimate of drug-likeness (QED) is 0.489. The van der Waals surface area contributed by atoms with Crippen LogP contribution in [0, 0.1) is 0 Å². The minimum Gasteiger partial charge on any atom is -0.497 e. The fraction of sp³-hybridized carbons (Fsp3) is 0.417. The number of nitrogens with zero attached hydrogens (tertiary/aromatic N) is 1. The molecule has 0 aliphatic carbocycles. The Kier molecular flexibility index (Phi) is 10.2. The SMILES string of the molecule is CCCCNC(=O)[C@H](CC)N(Cc1ccccc1Cl)C(=O)COc1ccc(OC)cc1. The van der Waals surface area contributed by atoms with Crippen LogP contribution in [0.25, 0.3) is 0 Å². The lowest BCUT2D eigenvalue weighted by atomic mass is 10.1. The van der Waals surface area contributed by atoms with Gasteiger partial charge in [-0.1, -0.05) is 50.1 Å². The highest BCUT2D eigenvalue weighted by Gasteiger charge is 2.29. The van der Waals surface area contributed by atoms with Crippen molar-refractivity contribution in [2.45, 2.75) is 45.7 Å². The van der Waals surface area contributed by atoms with E-state index < -0.39 is 6.04 Å². The van der Waals surface area contributed by atoms with Gasteiger partial charge in [0.25, 0.3) is 5.91 Å². The van der Waals surface area contributed by atoms with Gasteiger partial charge in [0.05, 0.1) is 7.11 Å². The number of unbranched alkanes of at least 4 members (excludes halogenated alkanes) is 1. The highest BCUT2D eigenvalue weighted by molar-refractivity contribution is 6.31. The molecule has 0 fully saturated rings. The molecule has 31 heavy (non-hydrogen) atoms. The number of carbonyl (C=O) groups excluding carboxylic acids is 2. The average molecular weight is 447 g/mol. The second kappa shape index (κ2) is 12.8. The molecule has 0 aliphatic heterocycles. The second-order valence-electron chi connectivity index (χ2n) is 7.15. The monoisotopic (exact) mass is 446 g/mol. The molecular formula is C24H31ClN2O4. The maximum absolute atomic E-state index is 13.1. The van der Waals surface area contributed by atoms with Crippen molar-refractivity contribution in [3.63, 3.8) is 0 Å². The lowest BCUT2D eigenvalue weighted by Crippen LogP contribution is -2.50. The normalized spacial score (nSPS) is 11.5. The highest BCUT2D eigenvalue weighted by atomic mass is 35.5. The Morgan fingerprint density at radius 1 is 1.06 bits per heavy atom. The molecule has 2 aromatic rings. The first-order valence-corrected chi connectivity index (χ1v) is 10.9. The van der Waals surface area contributed by atoms with Crippen LogP contribution in [-0.4, -0.2) is 43.0 Å². The molecule has 0 aromatic heterocycles. The Balaban J connectivity index is 2.16. The lowest BCUT2D eigenvalue weighted by Gasteiger charge is -2.30. The fourth-order valence-electron chi connectivity index (χ4n) is 3.14. The predicted molar refractivity (Wildman–Crippen MR) is 122 cm³/mol. The summed E-state index contributed by atoms with van der Waals surface area (Å²) in [5.41, 5.74) is 0.779. The summed E-state index contributed by atoms with van der Waals surface area (Å²) in [5, 5.41) is 3.49. The van der Waals surface area contributed by atoms with Crippen molar-refractivity contribution in [1.29, 1.82) is 0 Å². The molecule has 0 saturated heterocycles. The van der Waals surface area contributed by atoms with Crippen molar-refractivity contribution in [2.75, 3.05) is 20.3 Å². The molecule has 7 heteroatoms. The zero-order valence-corrected chi connectivity index (χ0v) is 19.2. The third kappa shape index (κ3) is 7.47. The van der Waals surface area contributed by atoms with Gasteiger partial charge in [0, 0.05) is 18.1 Å². The number of benzene rings is 2. The van der Waals surface area contributed by atoms with Crippen molar-refractivity contribution in [1.82, 2.24) is 10.2 Å². The average Bonchev–Trinajstić information content (AvgIpc) is 2.79. The smallest absolute Gasteiger partial charge is 0.261 e. The molecule has 1 atom stereocenters. The van der Waals surface area contributed by atoms with Crippen molar-refractivity contribution >= 4 is 23.4 Å². The van der Waals surface area contributed by atoms with Crippen molar-refractivity contribution < 1.29 is 19.1 Å². The molecule has 0 radical (unpaired) electrons. The van der Waals surface area contributed by atoms with Gasteiger partial charge in [-0.25, -0.2) is 0 Å². The van der Waals surface area contributed by atoms with Crippen LogP contribution in [0.4, 0.5) is 0 Å². The van der Waals surface area contributed by atoms with Gasteiger partial charge in [0.2, 0.25) is 5.91 Å². The number of halogens is 1. The van der Waals surface area contributed by atoms with E-state index in [1.807, 2.05) is 25.1 Å². The molecule has 0 bridgehead atoms. The Hall–Kier alpha value is -2.73. The summed E-state index contributed by atoms with van der Waals surface area (Å²) in [6.45, 7) is 4.58. The van der Waals surface area contributed by atoms with E-state index in [1.165, 1.54) is 0 Å². The van der Waals surface area contributed by atoms with Gasteiger partial charge >= 0.3 is 0 Å². The van der Waals surface area contributed by atoms with Crippen LogP contribution in [0.1, 0.15) is 38.7 Å². The van der Waals surface area contributed by atoms with Gasteiger partial charge in [-0.05, 0) is 48.7 Å². The number of carbonyl (C=O) groups is 2. The molecule has 2 amide bonds. The number of ether oxygens (including phenoxy) is 2. The van der Waals surface area contributed by atoms with E-state index in [-0.39, 0.29) is 25.0 Å². The first-order valence-electron chi connectivity index (χ1n) is 10.6. The molecule has 0 heterocycles. The lowest BCUT2D eigenvalue weighted by molar-refractivity contribution is -0.143. The first-order chi connectivity index (χ1) is 15.0. The number of hydrogen-bond donors (Lipinski definition) is 1. The molecule has 0 unspecified atom stereocenters. The summed E-state index contributed by atoms with van der Waals surface area (Å²) < 4.78 is 10.8. The number of rotatable bonds is 12. The third-order valence-electron chi connectivity index (χ3n) is 4.94. The van der Waals surface area contributed by atoms with E-state index in [0.29, 0.717) is 29.5 Å². The molecule has 0 saturated carbocycles. The van der Waals surface area contributed by atoms with E-state index in [2.05, 4.69) is 12.2 Å². The Bertz CT molecular complexity index is 842. The van der Waals surface area contributed by atoms with Crippen molar-refractivity contribution in [3.05, 3.63) is 59.1 Å². The van der Waals surface area contributed by atoms with E-state index in [9.17, 15) is 9.59 Å². The Morgan fingerprint density at radius 2 is 1.74 bits per heavy atom. The minimum absolute atomic E-state index is 0.166. The van der Waals surface area contributed by atoms with Gasteiger partial charge in [-0.15, -0.1) is 0 Å². The maximum atomic E-state index is 13.1. The maximum Gasteiger partial charge on any atom is 0.261 e. The molecular weight excluding hydrogens is 416 g/mol. The summed E-state index contributed by atoms with van der Waals surface area (Å²) in [4.78, 5) is 27.5. The Labute approximate surface area is 189 Å². The molecule has 2 rings (SSSR count). The van der Waals surface area contributed by atoms with Crippen molar-refractivity contribution in [2.24, 2.45) is 0 Å². The van der Waals surface area contributed by atoms with Gasteiger partial charge < -0.3 is 19.7 Å². The minimum atomic E-state index is -0.611. The standard InChI is InChI=1S/C24H31ClN2O4/c1-4-6-15-26-24(29)22(5-2)27(16-18-9-7-8-10-21(18)25)23(28)17-31-20-13-11-19(30-3)12-14-20/h7-14,22H,4-6,15-17H2,1-3H3,(H,26,29)/t22-/m0/s1. The topological polar surface area (TPSA) is 67.9 Å². The predicted octanol–water partition coefficient (Wildman–Crippen LogP) is 4.45. The highest BCUT2D eigenvalue weighted by Crippen LogP contribution is 2.21. The molecule has 1 N–H and O–H groups in total. The van der Waals surface area contributed by atoms with Gasteiger partial charge in [0.15, 0.2) is 6.61 Å². The van der Waals surface area contributed by atoms with E-state index in [4.69, 9.17) is 21.1 Å². The van der Waals surface area contributed by atoms with Crippen LogP contribution < -0.4 is 14.8 Å². The number of nitrogens with one attached hydrogen (secondary N) is 1. The van der Waals surface area contributed by atoms with Crippen LogP contribution >= 0.6 is 11.6 Å². The summed E-state index contributed by atoms with van der Waals surface area (Å²) in [6.07, 6.45) is 2.35. The first kappa shape index (κ1) is 24.5. The van der Waals surface area contributed by atoms with Crippen LogP contribution in [0.15, 0.2) is 48.5 Å². The number of amides is 2. The molecule has 168 valence electrons. The van der Waals surface area contributed by atoms with Gasteiger partial charge in [0.1, 0.15) is 17.5 Å². The zero-order valence-electron chi connectivity index (χ0n) is 18.4. The largest absolute Gasteiger partial charge is 0.497 e. The third-order valence-corrected chi connectivity index (χ3v) is 5.30. The van der Waals surface area contributed by atoms with E-state index >= 15 is 0 Å². The zero-order chi connectivity index (χ0) is 22.6. The van der Waals surface area contributed by atoms with Crippen LogP contribution in [0.5, 0.6) is 11.5 Å². The van der Waals surface area contributed by atoms with Gasteiger partial charge in [-0.3, -0.25) is 9.59 Å². The van der Waals surface area contributed by atoms with Crippen LogP contribution in [-0.2, 0) is 16.1 Å². The fourth-order valence-corrected chi connectivity index (χ4v) is 3.33. The molecule has 0 aliphatic rings. The molecule has 6 nitrogen and oxygen atoms in total. The Morgan fingerprint density at radius 3 is 2.35 bits per heavy atom. The number of methoxy groups -OCH3 is 1. The second-order valence-corrected chi connectivity index (χ2v) is 7.55. The van der Waals surface area contributed by atoms with Crippen LogP contribution in [0.2, 0.25) is 5.02 Å². The van der Waals surface area contributed by atoms with Crippen LogP contribution in [0.3, 0.4) is 0 Å². The van der Waals surface area contributed by atoms with Crippen molar-refractivity contribution in [3.8, 4) is 11.5 Å². The summed E-state index contributed by atoms with van der Waals surface area (Å²) in [7, 11) is 1.59. The number of hydrogen-bond acceptors (Lipinski definition) is 4. The van der Waals surface area contributed by atoms with E-state index in [0.717, 1.165) is 18.4 Å². The molecule has 0 spiro atoms. The summed E-state index contributed by atoms with van der Waals surface area (Å²) >= 11 is 6.32. The summed E-state index contributed by atoms with van der Waals surface area (Å²) in [6, 6.07) is 13.7. The van der Waals surface area contributed by atoms with Gasteiger partial charge in [-0.2, -0.15) is 0 Å². The van der Waals surface area contributed by atoms with E-state index in [1.54, 1.807) is 42.3 Å².